The Kier molecular flexibility index (Phi) is 6.11. The van der Waals surface area contributed by atoms with Crippen LogP contribution in [0.15, 0.2) is 11.6 Å². The monoisotopic (exact) mass is 226 g/mol. The molecule has 2 N–H and O–H groups in total. The average molecular weight is 226 g/mol. The van der Waals surface area contributed by atoms with Crippen LogP contribution in [0.4, 0.5) is 0 Å². The van der Waals surface area contributed by atoms with Crippen LogP contribution in [0.2, 0.25) is 0 Å². The molecule has 1 aliphatic rings. The molecule has 0 unspecified atom stereocenters. The van der Waals surface area contributed by atoms with Gasteiger partial charge in [-0.3, -0.25) is 4.79 Å². The van der Waals surface area contributed by atoms with Gasteiger partial charge in [0.1, 0.15) is 0 Å². The zero-order valence-electron chi connectivity index (χ0n) is 10.2. The third-order valence-corrected chi connectivity index (χ3v) is 2.53. The molecule has 0 radical (unpaired) electrons. The predicted octanol–water partition coefficient (Wildman–Crippen LogP) is 0.837. The molecular formula is C12H22N2O2. The van der Waals surface area contributed by atoms with Crippen LogP contribution >= 0.6 is 0 Å². The Morgan fingerprint density at radius 2 is 2.06 bits per heavy atom. The Hall–Kier alpha value is -0.870. The molecule has 0 spiro atoms. The molecule has 1 amide bonds. The molecule has 0 bridgehead atoms. The summed E-state index contributed by atoms with van der Waals surface area (Å²) in [6.07, 6.45) is 3.93. The second-order valence-corrected chi connectivity index (χ2v) is 4.37. The first-order valence-corrected chi connectivity index (χ1v) is 5.89. The highest BCUT2D eigenvalue weighted by atomic mass is 16.5. The number of carbonyl (C=O) groups is 1. The molecule has 1 saturated heterocycles. The maximum Gasteiger partial charge on any atom is 0.234 e. The van der Waals surface area contributed by atoms with Crippen LogP contribution in [0.5, 0.6) is 0 Å². The van der Waals surface area contributed by atoms with Crippen LogP contribution in [-0.4, -0.2) is 38.3 Å². The second-order valence-electron chi connectivity index (χ2n) is 4.37. The summed E-state index contributed by atoms with van der Waals surface area (Å²) in [6.45, 7) is 6.75. The first-order chi connectivity index (χ1) is 7.68. The minimum atomic E-state index is 0.0778. The number of hydrogen-bond donors (Lipinski definition) is 2. The summed E-state index contributed by atoms with van der Waals surface area (Å²) >= 11 is 0. The Morgan fingerprint density at radius 3 is 2.69 bits per heavy atom. The van der Waals surface area contributed by atoms with Crippen molar-refractivity contribution in [1.82, 2.24) is 10.6 Å². The lowest BCUT2D eigenvalue weighted by atomic mass is 10.1. The zero-order chi connectivity index (χ0) is 11.8. The first kappa shape index (κ1) is 13.2. The third-order valence-electron chi connectivity index (χ3n) is 2.53. The summed E-state index contributed by atoms with van der Waals surface area (Å²) in [7, 11) is 0. The summed E-state index contributed by atoms with van der Waals surface area (Å²) in [5, 5.41) is 6.09. The third kappa shape index (κ3) is 5.88. The van der Waals surface area contributed by atoms with E-state index in [1.807, 2.05) is 13.8 Å². The minimum absolute atomic E-state index is 0.0778. The van der Waals surface area contributed by atoms with Crippen LogP contribution in [0.3, 0.4) is 0 Å². The Balaban J connectivity index is 2.08. The van der Waals surface area contributed by atoms with Crippen molar-refractivity contribution in [2.24, 2.45) is 0 Å². The van der Waals surface area contributed by atoms with Crippen molar-refractivity contribution in [1.29, 1.82) is 0 Å². The molecule has 4 heteroatoms. The van der Waals surface area contributed by atoms with Crippen molar-refractivity contribution in [2.45, 2.75) is 32.7 Å². The largest absolute Gasteiger partial charge is 0.381 e. The van der Waals surface area contributed by atoms with E-state index in [-0.39, 0.29) is 5.91 Å². The molecular weight excluding hydrogens is 204 g/mol. The maximum absolute atomic E-state index is 11.5. The topological polar surface area (TPSA) is 50.4 Å². The van der Waals surface area contributed by atoms with Crippen molar-refractivity contribution >= 4 is 5.91 Å². The number of rotatable bonds is 5. The van der Waals surface area contributed by atoms with Gasteiger partial charge >= 0.3 is 0 Å². The first-order valence-electron chi connectivity index (χ1n) is 5.89. The number of ether oxygens (including phenoxy) is 1. The van der Waals surface area contributed by atoms with Gasteiger partial charge in [0, 0.05) is 25.8 Å². The van der Waals surface area contributed by atoms with Gasteiger partial charge < -0.3 is 15.4 Å². The molecule has 92 valence electrons. The van der Waals surface area contributed by atoms with Gasteiger partial charge in [0.2, 0.25) is 5.91 Å². The molecule has 1 fully saturated rings. The van der Waals surface area contributed by atoms with Gasteiger partial charge in [-0.2, -0.15) is 0 Å². The highest BCUT2D eigenvalue weighted by molar-refractivity contribution is 5.78. The number of nitrogens with one attached hydrogen (secondary N) is 2. The molecule has 1 aliphatic heterocycles. The molecule has 0 aromatic rings. The van der Waals surface area contributed by atoms with Gasteiger partial charge in [-0.25, -0.2) is 0 Å². The highest BCUT2D eigenvalue weighted by Crippen LogP contribution is 2.05. The fourth-order valence-corrected chi connectivity index (χ4v) is 1.58. The van der Waals surface area contributed by atoms with Crippen molar-refractivity contribution in [3.05, 3.63) is 11.6 Å². The van der Waals surface area contributed by atoms with Crippen LogP contribution < -0.4 is 10.6 Å². The number of carbonyl (C=O) groups excluding carboxylic acids is 1. The molecule has 0 aliphatic carbocycles. The Morgan fingerprint density at radius 1 is 1.38 bits per heavy atom. The summed E-state index contributed by atoms with van der Waals surface area (Å²) in [6, 6.07) is 0.298. The zero-order valence-corrected chi connectivity index (χ0v) is 10.2. The van der Waals surface area contributed by atoms with Gasteiger partial charge in [-0.15, -0.1) is 0 Å². The van der Waals surface area contributed by atoms with Crippen molar-refractivity contribution < 1.29 is 9.53 Å². The molecule has 1 rings (SSSR count). The fraction of sp³-hybridized carbons (Fsp3) is 0.750. The predicted molar refractivity (Wildman–Crippen MR) is 64.3 cm³/mol. The fourth-order valence-electron chi connectivity index (χ4n) is 1.58. The van der Waals surface area contributed by atoms with E-state index in [9.17, 15) is 4.79 Å². The molecule has 16 heavy (non-hydrogen) atoms. The molecule has 4 nitrogen and oxygen atoms in total. The van der Waals surface area contributed by atoms with E-state index in [4.69, 9.17) is 4.74 Å². The molecule has 1 heterocycles. The number of allylic oxidation sites excluding steroid dienone is 1. The second kappa shape index (κ2) is 7.41. The van der Waals surface area contributed by atoms with Crippen LogP contribution in [0.25, 0.3) is 0 Å². The standard InChI is InChI=1S/C12H22N2O2/c1-10(2)3-6-13-9-12(15)14-11-4-7-16-8-5-11/h3,11,13H,4-9H2,1-2H3,(H,14,15). The quantitative estimate of drug-likeness (QED) is 0.539. The van der Waals surface area contributed by atoms with Crippen molar-refractivity contribution in [3.63, 3.8) is 0 Å². The Bertz CT molecular complexity index is 241. The van der Waals surface area contributed by atoms with Gasteiger partial charge in [-0.05, 0) is 26.7 Å². The highest BCUT2D eigenvalue weighted by Gasteiger charge is 2.15. The normalized spacial score (nSPS) is 16.9. The number of amides is 1. The van der Waals surface area contributed by atoms with E-state index < -0.39 is 0 Å². The number of hydrogen-bond acceptors (Lipinski definition) is 3. The maximum atomic E-state index is 11.5. The molecule has 0 atom stereocenters. The summed E-state index contributed by atoms with van der Waals surface area (Å²) in [5.41, 5.74) is 1.26. The van der Waals surface area contributed by atoms with E-state index >= 15 is 0 Å². The van der Waals surface area contributed by atoms with E-state index in [0.717, 1.165) is 32.6 Å². The van der Waals surface area contributed by atoms with Crippen LogP contribution in [-0.2, 0) is 9.53 Å². The smallest absolute Gasteiger partial charge is 0.234 e. The van der Waals surface area contributed by atoms with Crippen LogP contribution in [0, 0.1) is 0 Å². The summed E-state index contributed by atoms with van der Waals surface area (Å²) in [5.74, 6) is 0.0778. The minimum Gasteiger partial charge on any atom is -0.381 e. The summed E-state index contributed by atoms with van der Waals surface area (Å²) < 4.78 is 5.23. The lowest BCUT2D eigenvalue weighted by Crippen LogP contribution is -2.43. The molecule has 0 saturated carbocycles. The lowest BCUT2D eigenvalue weighted by Gasteiger charge is -2.23. The Labute approximate surface area is 97.4 Å². The van der Waals surface area contributed by atoms with E-state index in [1.54, 1.807) is 0 Å². The van der Waals surface area contributed by atoms with Gasteiger partial charge in [0.25, 0.3) is 0 Å². The van der Waals surface area contributed by atoms with Gasteiger partial charge in [-0.1, -0.05) is 11.6 Å². The van der Waals surface area contributed by atoms with Crippen LogP contribution in [0.1, 0.15) is 26.7 Å². The van der Waals surface area contributed by atoms with Crippen molar-refractivity contribution in [2.75, 3.05) is 26.3 Å². The van der Waals surface area contributed by atoms with E-state index in [0.29, 0.717) is 12.6 Å². The SMILES string of the molecule is CC(C)=CCNCC(=O)NC1CCOCC1. The molecule has 0 aromatic carbocycles. The van der Waals surface area contributed by atoms with E-state index in [2.05, 4.69) is 16.7 Å². The summed E-state index contributed by atoms with van der Waals surface area (Å²) in [4.78, 5) is 11.5. The van der Waals surface area contributed by atoms with E-state index in [1.165, 1.54) is 5.57 Å². The van der Waals surface area contributed by atoms with Gasteiger partial charge in [0.05, 0.1) is 6.54 Å². The lowest BCUT2D eigenvalue weighted by molar-refractivity contribution is -0.121. The van der Waals surface area contributed by atoms with Gasteiger partial charge in [0.15, 0.2) is 0 Å². The average Bonchev–Trinajstić information content (AvgIpc) is 2.25. The molecule has 0 aromatic heterocycles. The van der Waals surface area contributed by atoms with Crippen molar-refractivity contribution in [3.8, 4) is 0 Å².